The lowest BCUT2D eigenvalue weighted by molar-refractivity contribution is -0.120. The third-order valence-electron chi connectivity index (χ3n) is 5.27. The molecule has 5 heteroatoms. The standard InChI is InChI=1S/C21H14N4O/c26-20-21(14-8-2-4-10-16(14)23-20)24-15-9-3-1-7-13(15)19-22-17-11-5-6-12-18(17)25(19)21/h1-12,24H,(H,23,26)/t21-/m0/s1. The van der Waals surface area contributed by atoms with Gasteiger partial charge >= 0.3 is 0 Å². The highest BCUT2D eigenvalue weighted by molar-refractivity contribution is 6.10. The number of benzene rings is 3. The number of aromatic nitrogens is 2. The maximum absolute atomic E-state index is 13.3. The van der Waals surface area contributed by atoms with E-state index >= 15 is 0 Å². The Bertz CT molecular complexity index is 1230. The van der Waals surface area contributed by atoms with Crippen molar-refractivity contribution in [3.05, 3.63) is 78.4 Å². The van der Waals surface area contributed by atoms with Crippen molar-refractivity contribution in [2.45, 2.75) is 5.66 Å². The van der Waals surface area contributed by atoms with Crippen LogP contribution < -0.4 is 10.6 Å². The van der Waals surface area contributed by atoms with Crippen molar-refractivity contribution in [3.8, 4) is 11.4 Å². The summed E-state index contributed by atoms with van der Waals surface area (Å²) in [5.41, 5.74) is 4.38. The van der Waals surface area contributed by atoms with Crippen molar-refractivity contribution in [2.75, 3.05) is 10.6 Å². The molecule has 0 bridgehead atoms. The first-order chi connectivity index (χ1) is 12.8. The van der Waals surface area contributed by atoms with Crippen LogP contribution in [-0.2, 0) is 10.5 Å². The van der Waals surface area contributed by atoms with E-state index in [9.17, 15) is 4.79 Å². The van der Waals surface area contributed by atoms with Crippen LogP contribution in [0.15, 0.2) is 72.8 Å². The van der Waals surface area contributed by atoms with Crippen LogP contribution in [0.4, 0.5) is 11.4 Å². The molecule has 0 saturated carbocycles. The lowest BCUT2D eigenvalue weighted by Crippen LogP contribution is -2.50. The summed E-state index contributed by atoms with van der Waals surface area (Å²) in [5, 5.41) is 6.56. The molecule has 6 rings (SSSR count). The molecular formula is C21H14N4O. The van der Waals surface area contributed by atoms with Gasteiger partial charge in [0.25, 0.3) is 5.91 Å². The second-order valence-electron chi connectivity index (χ2n) is 6.64. The molecule has 1 spiro atoms. The Kier molecular flexibility index (Phi) is 2.37. The number of imidazole rings is 1. The highest BCUT2D eigenvalue weighted by Crippen LogP contribution is 2.48. The predicted molar refractivity (Wildman–Crippen MR) is 101 cm³/mol. The SMILES string of the molecule is O=C1Nc2ccccc2[C@@]12Nc1ccccc1-c1nc3ccccc3n12. The van der Waals surface area contributed by atoms with Gasteiger partial charge in [0, 0.05) is 22.5 Å². The molecule has 0 unspecified atom stereocenters. The van der Waals surface area contributed by atoms with Crippen LogP contribution in [0.25, 0.3) is 22.4 Å². The van der Waals surface area contributed by atoms with E-state index in [2.05, 4.69) is 10.6 Å². The van der Waals surface area contributed by atoms with E-state index in [4.69, 9.17) is 4.98 Å². The van der Waals surface area contributed by atoms with Crippen molar-refractivity contribution in [3.63, 3.8) is 0 Å². The number of para-hydroxylation sites is 4. The van der Waals surface area contributed by atoms with Crippen LogP contribution in [0.3, 0.4) is 0 Å². The number of carbonyl (C=O) groups is 1. The summed E-state index contributed by atoms with van der Waals surface area (Å²) in [6, 6.07) is 23.7. The molecule has 4 aromatic rings. The van der Waals surface area contributed by atoms with Crippen LogP contribution in [0.5, 0.6) is 0 Å². The number of anilines is 2. The van der Waals surface area contributed by atoms with Gasteiger partial charge < -0.3 is 10.6 Å². The largest absolute Gasteiger partial charge is 0.350 e. The van der Waals surface area contributed by atoms with E-state index in [1.807, 2.05) is 77.4 Å². The Hall–Kier alpha value is -3.60. The molecule has 2 aliphatic rings. The fourth-order valence-electron chi connectivity index (χ4n) is 4.17. The lowest BCUT2D eigenvalue weighted by Gasteiger charge is -2.37. The van der Waals surface area contributed by atoms with Gasteiger partial charge in [-0.3, -0.25) is 9.36 Å². The molecule has 0 saturated heterocycles. The molecule has 0 radical (unpaired) electrons. The number of hydrogen-bond acceptors (Lipinski definition) is 3. The fraction of sp³-hybridized carbons (Fsp3) is 0.0476. The van der Waals surface area contributed by atoms with E-state index in [1.54, 1.807) is 0 Å². The Morgan fingerprint density at radius 2 is 1.58 bits per heavy atom. The van der Waals surface area contributed by atoms with Gasteiger partial charge in [-0.25, -0.2) is 4.98 Å². The average molecular weight is 338 g/mol. The summed E-state index contributed by atoms with van der Waals surface area (Å²) in [4.78, 5) is 18.2. The van der Waals surface area contributed by atoms with Gasteiger partial charge in [-0.1, -0.05) is 42.5 Å². The smallest absolute Gasteiger partial charge is 0.276 e. The maximum Gasteiger partial charge on any atom is 0.276 e. The molecule has 2 aliphatic heterocycles. The number of nitrogens with one attached hydrogen (secondary N) is 2. The average Bonchev–Trinajstić information content (AvgIpc) is 3.19. The molecule has 3 heterocycles. The van der Waals surface area contributed by atoms with Gasteiger partial charge in [0.05, 0.1) is 11.0 Å². The molecule has 0 aliphatic carbocycles. The van der Waals surface area contributed by atoms with Crippen LogP contribution in [-0.4, -0.2) is 15.5 Å². The molecule has 1 aromatic heterocycles. The number of nitrogens with zero attached hydrogens (tertiary/aromatic N) is 2. The molecular weight excluding hydrogens is 324 g/mol. The van der Waals surface area contributed by atoms with Crippen molar-refractivity contribution < 1.29 is 4.79 Å². The van der Waals surface area contributed by atoms with Gasteiger partial charge in [-0.15, -0.1) is 0 Å². The van der Waals surface area contributed by atoms with Crippen molar-refractivity contribution in [1.82, 2.24) is 9.55 Å². The second kappa shape index (κ2) is 4.52. The van der Waals surface area contributed by atoms with Crippen molar-refractivity contribution >= 4 is 28.3 Å². The monoisotopic (exact) mass is 338 g/mol. The van der Waals surface area contributed by atoms with E-state index in [0.717, 1.165) is 39.4 Å². The van der Waals surface area contributed by atoms with Gasteiger partial charge in [-0.2, -0.15) is 0 Å². The zero-order valence-corrected chi connectivity index (χ0v) is 13.7. The first-order valence-corrected chi connectivity index (χ1v) is 8.55. The first-order valence-electron chi connectivity index (χ1n) is 8.55. The summed E-state index contributed by atoms with van der Waals surface area (Å²) in [7, 11) is 0. The number of hydrogen-bond donors (Lipinski definition) is 2. The van der Waals surface area contributed by atoms with Crippen LogP contribution in [0, 0.1) is 0 Å². The number of rotatable bonds is 0. The van der Waals surface area contributed by atoms with Gasteiger partial charge in [0.2, 0.25) is 5.66 Å². The summed E-state index contributed by atoms with van der Waals surface area (Å²) in [6.07, 6.45) is 0. The van der Waals surface area contributed by atoms with Crippen LogP contribution >= 0.6 is 0 Å². The highest BCUT2D eigenvalue weighted by Gasteiger charge is 2.52. The highest BCUT2D eigenvalue weighted by atomic mass is 16.2. The number of carbonyl (C=O) groups excluding carboxylic acids is 1. The Balaban J connectivity index is 1.81. The van der Waals surface area contributed by atoms with E-state index in [1.165, 1.54) is 0 Å². The van der Waals surface area contributed by atoms with Crippen molar-refractivity contribution in [1.29, 1.82) is 0 Å². The molecule has 1 amide bonds. The molecule has 3 aromatic carbocycles. The lowest BCUT2D eigenvalue weighted by atomic mass is 9.95. The summed E-state index contributed by atoms with van der Waals surface area (Å²) in [6.45, 7) is 0. The molecule has 0 fully saturated rings. The zero-order chi connectivity index (χ0) is 17.3. The zero-order valence-electron chi connectivity index (χ0n) is 13.7. The molecule has 26 heavy (non-hydrogen) atoms. The molecule has 5 nitrogen and oxygen atoms in total. The Morgan fingerprint density at radius 3 is 2.50 bits per heavy atom. The molecule has 1 atom stereocenters. The normalized spacial score (nSPS) is 19.6. The fourth-order valence-corrected chi connectivity index (χ4v) is 4.17. The van der Waals surface area contributed by atoms with E-state index in [0.29, 0.717) is 0 Å². The topological polar surface area (TPSA) is 59.0 Å². The predicted octanol–water partition coefficient (Wildman–Crippen LogP) is 3.78. The van der Waals surface area contributed by atoms with Crippen molar-refractivity contribution in [2.24, 2.45) is 0 Å². The minimum absolute atomic E-state index is 0.0994. The Labute approximate surface area is 149 Å². The van der Waals surface area contributed by atoms with Crippen LogP contribution in [0.1, 0.15) is 5.56 Å². The third-order valence-corrected chi connectivity index (χ3v) is 5.27. The summed E-state index contributed by atoms with van der Waals surface area (Å²) >= 11 is 0. The minimum Gasteiger partial charge on any atom is -0.350 e. The second-order valence-corrected chi connectivity index (χ2v) is 6.64. The van der Waals surface area contributed by atoms with Gasteiger partial charge in [0.15, 0.2) is 0 Å². The quantitative estimate of drug-likeness (QED) is 0.513. The number of amides is 1. The number of fused-ring (bicyclic) bond motifs is 8. The summed E-state index contributed by atoms with van der Waals surface area (Å²) in [5.74, 6) is 0.699. The molecule has 124 valence electrons. The molecule has 2 N–H and O–H groups in total. The summed E-state index contributed by atoms with van der Waals surface area (Å²) < 4.78 is 2.03. The van der Waals surface area contributed by atoms with Crippen LogP contribution in [0.2, 0.25) is 0 Å². The minimum atomic E-state index is -1.05. The maximum atomic E-state index is 13.3. The third kappa shape index (κ3) is 1.46. The Morgan fingerprint density at radius 1 is 0.846 bits per heavy atom. The van der Waals surface area contributed by atoms with E-state index < -0.39 is 5.66 Å². The first kappa shape index (κ1) is 13.7. The van der Waals surface area contributed by atoms with Gasteiger partial charge in [-0.05, 0) is 30.3 Å². The van der Waals surface area contributed by atoms with Gasteiger partial charge in [0.1, 0.15) is 5.82 Å². The van der Waals surface area contributed by atoms with E-state index in [-0.39, 0.29) is 5.91 Å².